The van der Waals surface area contributed by atoms with Crippen molar-refractivity contribution in [2.45, 2.75) is 75.3 Å². The van der Waals surface area contributed by atoms with Crippen LogP contribution in [0.3, 0.4) is 0 Å². The molecule has 2 saturated carbocycles. The second-order valence-corrected chi connectivity index (χ2v) is 8.94. The first-order valence-electron chi connectivity index (χ1n) is 8.66. The van der Waals surface area contributed by atoms with E-state index in [1.165, 1.54) is 13.5 Å². The van der Waals surface area contributed by atoms with Gasteiger partial charge in [0.1, 0.15) is 11.1 Å². The highest BCUT2D eigenvalue weighted by molar-refractivity contribution is 8.26. The van der Waals surface area contributed by atoms with E-state index in [1.807, 2.05) is 0 Å². The van der Waals surface area contributed by atoms with Gasteiger partial charge in [-0.15, -0.1) is 12.4 Å². The van der Waals surface area contributed by atoms with Crippen LogP contribution in [-0.2, 0) is 23.6 Å². The van der Waals surface area contributed by atoms with E-state index in [2.05, 4.69) is 26.1 Å². The zero-order valence-electron chi connectivity index (χ0n) is 16.3. The fraction of sp³-hybridized carbons (Fsp3) is 0.875. The van der Waals surface area contributed by atoms with Crippen molar-refractivity contribution in [3.8, 4) is 0 Å². The number of aliphatic hydroxyl groups is 1. The molecule has 0 aromatic carbocycles. The molecule has 0 unspecified atom stereocenters. The van der Waals surface area contributed by atoms with E-state index in [1.54, 1.807) is 0 Å². The number of hydrogen-bond donors (Lipinski definition) is 4. The number of carbonyl (C=O) groups is 2. The molecule has 6 N–H and O–H groups in total. The lowest BCUT2D eigenvalue weighted by Crippen LogP contribution is -2.49. The molecule has 2 rings (SSSR count). The van der Waals surface area contributed by atoms with Gasteiger partial charge in [0.05, 0.1) is 7.11 Å². The molecule has 8 nitrogen and oxygen atoms in total. The summed E-state index contributed by atoms with van der Waals surface area (Å²) >= 11 is 0. The standard InChI is InChI=1S/C8H15NO2.C7H13NO2.CH4O.Cl2OS.ClH/c1-11-7(10)8(9)5-3-2-4-6-8;8-7(6(9)10)4-2-1-3-5-7;1-2;1-4(2)3;/h2-6,9H2,1H3;1-5,8H2,(H,9,10);2H,1H3;;1H. The lowest BCUT2D eigenvalue weighted by atomic mass is 9.83. The number of carbonyl (C=O) groups excluding carboxylic acids is 1. The zero-order chi connectivity index (χ0) is 21.5. The molecule has 0 heterocycles. The topological polar surface area (TPSA) is 153 Å². The van der Waals surface area contributed by atoms with Crippen LogP contribution < -0.4 is 11.5 Å². The Balaban J connectivity index is -0.000000342. The highest BCUT2D eigenvalue weighted by Crippen LogP contribution is 2.27. The number of carboxylic acid groups (broad SMARTS) is 1. The smallest absolute Gasteiger partial charge is 0.325 e. The molecule has 0 bridgehead atoms. The van der Waals surface area contributed by atoms with Crippen LogP contribution in [-0.4, -0.2) is 51.7 Å². The maximum atomic E-state index is 11.1. The number of halogens is 3. The van der Waals surface area contributed by atoms with Gasteiger partial charge in [0.15, 0.2) is 0 Å². The predicted molar refractivity (Wildman–Crippen MR) is 115 cm³/mol. The number of hydrogen-bond acceptors (Lipinski definition) is 7. The Bertz CT molecular complexity index is 456. The highest BCUT2D eigenvalue weighted by atomic mass is 36.0. The third-order valence-corrected chi connectivity index (χ3v) is 4.51. The largest absolute Gasteiger partial charge is 0.480 e. The molecule has 28 heavy (non-hydrogen) atoms. The Morgan fingerprint density at radius 1 is 0.893 bits per heavy atom. The molecule has 0 aliphatic heterocycles. The van der Waals surface area contributed by atoms with Crippen molar-refractivity contribution >= 4 is 54.9 Å². The van der Waals surface area contributed by atoms with Gasteiger partial charge in [-0.2, -0.15) is 0 Å². The summed E-state index contributed by atoms with van der Waals surface area (Å²) in [6.07, 6.45) is 9.18. The van der Waals surface area contributed by atoms with Gasteiger partial charge in [-0.3, -0.25) is 9.59 Å². The van der Waals surface area contributed by atoms with Crippen LogP contribution in [0.5, 0.6) is 0 Å². The summed E-state index contributed by atoms with van der Waals surface area (Å²) in [7, 11) is 9.75. The number of esters is 1. The summed E-state index contributed by atoms with van der Waals surface area (Å²) < 4.78 is 13.7. The lowest BCUT2D eigenvalue weighted by molar-refractivity contribution is -0.148. The number of aliphatic hydroxyl groups excluding tert-OH is 1. The summed E-state index contributed by atoms with van der Waals surface area (Å²) in [5.41, 5.74) is 9.86. The van der Waals surface area contributed by atoms with E-state index in [9.17, 15) is 9.59 Å². The maximum absolute atomic E-state index is 11.1. The van der Waals surface area contributed by atoms with Gasteiger partial charge < -0.3 is 26.4 Å². The molecular formula is C16H33Cl3N2O6S. The average Bonchev–Trinajstić information content (AvgIpc) is 2.64. The number of rotatable bonds is 2. The summed E-state index contributed by atoms with van der Waals surface area (Å²) in [5, 5.41) is 15.7. The van der Waals surface area contributed by atoms with Gasteiger partial charge in [-0.1, -0.05) is 38.5 Å². The van der Waals surface area contributed by atoms with Crippen LogP contribution in [0.4, 0.5) is 0 Å². The van der Waals surface area contributed by atoms with Gasteiger partial charge in [0.25, 0.3) is 0 Å². The van der Waals surface area contributed by atoms with E-state index in [4.69, 9.17) is 25.9 Å². The van der Waals surface area contributed by atoms with Gasteiger partial charge in [-0.05, 0) is 25.7 Å². The first-order valence-corrected chi connectivity index (χ1v) is 11.5. The summed E-state index contributed by atoms with van der Waals surface area (Å²) in [5.74, 6) is -1.09. The van der Waals surface area contributed by atoms with Crippen LogP contribution in [0.1, 0.15) is 64.2 Å². The van der Waals surface area contributed by atoms with Crippen molar-refractivity contribution in [3.05, 3.63) is 0 Å². The zero-order valence-corrected chi connectivity index (χ0v) is 19.5. The predicted octanol–water partition coefficient (Wildman–Crippen LogP) is 2.63. The Kier molecular flexibility index (Phi) is 20.5. The number of aliphatic carboxylic acids is 1. The molecule has 0 saturated heterocycles. The summed E-state index contributed by atoms with van der Waals surface area (Å²) in [6.45, 7) is 0. The number of nitrogens with two attached hydrogens (primary N) is 2. The van der Waals surface area contributed by atoms with E-state index >= 15 is 0 Å². The quantitative estimate of drug-likeness (QED) is 0.342. The maximum Gasteiger partial charge on any atom is 0.325 e. The van der Waals surface area contributed by atoms with Crippen molar-refractivity contribution in [1.82, 2.24) is 0 Å². The van der Waals surface area contributed by atoms with Crippen molar-refractivity contribution in [1.29, 1.82) is 0 Å². The average molecular weight is 488 g/mol. The minimum atomic E-state index is -1.67. The molecule has 2 fully saturated rings. The van der Waals surface area contributed by atoms with Gasteiger partial charge in [0.2, 0.25) is 9.23 Å². The Morgan fingerprint density at radius 3 is 1.39 bits per heavy atom. The number of carboxylic acids is 1. The van der Waals surface area contributed by atoms with E-state index in [0.29, 0.717) is 12.8 Å². The van der Waals surface area contributed by atoms with E-state index in [-0.39, 0.29) is 18.4 Å². The molecule has 0 amide bonds. The Hall–Kier alpha value is -0.160. The molecule has 170 valence electrons. The third kappa shape index (κ3) is 13.9. The molecule has 0 spiro atoms. The van der Waals surface area contributed by atoms with Crippen molar-refractivity contribution in [3.63, 3.8) is 0 Å². The summed E-state index contributed by atoms with van der Waals surface area (Å²) in [4.78, 5) is 21.7. The Labute approximate surface area is 184 Å². The van der Waals surface area contributed by atoms with Crippen LogP contribution in [0, 0.1) is 0 Å². The molecule has 2 aliphatic rings. The van der Waals surface area contributed by atoms with Crippen LogP contribution in [0.15, 0.2) is 0 Å². The third-order valence-electron chi connectivity index (χ3n) is 4.51. The molecular weight excluding hydrogens is 455 g/mol. The van der Waals surface area contributed by atoms with Crippen molar-refractivity contribution in [2.24, 2.45) is 11.5 Å². The molecule has 0 radical (unpaired) electrons. The molecule has 2 aliphatic carbocycles. The van der Waals surface area contributed by atoms with Gasteiger partial charge in [-0.25, -0.2) is 4.21 Å². The van der Waals surface area contributed by atoms with Crippen LogP contribution in [0.2, 0.25) is 0 Å². The molecule has 0 aromatic heterocycles. The van der Waals surface area contributed by atoms with Crippen LogP contribution >= 0.6 is 33.8 Å². The fourth-order valence-electron chi connectivity index (χ4n) is 2.99. The minimum absolute atomic E-state index is 0. The van der Waals surface area contributed by atoms with E-state index < -0.39 is 26.3 Å². The minimum Gasteiger partial charge on any atom is -0.480 e. The summed E-state index contributed by atoms with van der Waals surface area (Å²) in [6, 6.07) is 0. The Morgan fingerprint density at radius 2 is 1.18 bits per heavy atom. The van der Waals surface area contributed by atoms with Gasteiger partial charge >= 0.3 is 11.9 Å². The molecule has 0 atom stereocenters. The first kappa shape index (κ1) is 32.5. The molecule has 12 heteroatoms. The monoisotopic (exact) mass is 486 g/mol. The SMILES string of the molecule is CO.COC(=O)C1(N)CCCCC1.Cl.NC1(C(=O)O)CCCCC1.O=S(Cl)Cl. The second-order valence-electron chi connectivity index (χ2n) is 6.41. The lowest BCUT2D eigenvalue weighted by Gasteiger charge is -2.29. The van der Waals surface area contributed by atoms with E-state index in [0.717, 1.165) is 52.1 Å². The highest BCUT2D eigenvalue weighted by Gasteiger charge is 2.36. The fourth-order valence-corrected chi connectivity index (χ4v) is 2.99. The first-order chi connectivity index (χ1) is 12.6. The normalized spacial score (nSPS) is 19.0. The van der Waals surface area contributed by atoms with Crippen LogP contribution in [0.25, 0.3) is 0 Å². The van der Waals surface area contributed by atoms with Gasteiger partial charge in [0, 0.05) is 28.5 Å². The number of ether oxygens (including phenoxy) is 1. The van der Waals surface area contributed by atoms with Crippen molar-refractivity contribution in [2.75, 3.05) is 14.2 Å². The second kappa shape index (κ2) is 17.7. The van der Waals surface area contributed by atoms with Crippen molar-refractivity contribution < 1.29 is 28.7 Å². The molecule has 0 aromatic rings. The number of methoxy groups -OCH3 is 1.